The minimum atomic E-state index is -0.0419. The SMILES string of the molecule is CCCNC1CCCN(c2cccc(CCCO)c2)C1=O. The van der Waals surface area contributed by atoms with Gasteiger partial charge in [0.25, 0.3) is 0 Å². The van der Waals surface area contributed by atoms with Gasteiger partial charge in [-0.05, 0) is 56.3 Å². The van der Waals surface area contributed by atoms with Crippen molar-refractivity contribution >= 4 is 11.6 Å². The average Bonchev–Trinajstić information content (AvgIpc) is 2.52. The van der Waals surface area contributed by atoms with Gasteiger partial charge >= 0.3 is 0 Å². The number of carbonyl (C=O) groups excluding carboxylic acids is 1. The molecule has 1 saturated heterocycles. The summed E-state index contributed by atoms with van der Waals surface area (Å²) in [6.45, 7) is 4.01. The molecule has 4 heteroatoms. The Morgan fingerprint density at radius 2 is 2.29 bits per heavy atom. The van der Waals surface area contributed by atoms with Crippen molar-refractivity contribution in [3.63, 3.8) is 0 Å². The number of piperidine rings is 1. The molecule has 0 spiro atoms. The number of carbonyl (C=O) groups is 1. The van der Waals surface area contributed by atoms with Crippen LogP contribution >= 0.6 is 0 Å². The van der Waals surface area contributed by atoms with Gasteiger partial charge in [0.2, 0.25) is 5.91 Å². The number of amides is 1. The predicted molar refractivity (Wildman–Crippen MR) is 85.5 cm³/mol. The second-order valence-corrected chi connectivity index (χ2v) is 5.64. The highest BCUT2D eigenvalue weighted by atomic mass is 16.2. The molecule has 4 nitrogen and oxygen atoms in total. The van der Waals surface area contributed by atoms with Crippen molar-refractivity contribution in [2.45, 2.75) is 45.1 Å². The smallest absolute Gasteiger partial charge is 0.244 e. The topological polar surface area (TPSA) is 52.6 Å². The zero-order valence-corrected chi connectivity index (χ0v) is 12.8. The number of hydrogen-bond donors (Lipinski definition) is 2. The number of benzene rings is 1. The van der Waals surface area contributed by atoms with Gasteiger partial charge in [0, 0.05) is 18.8 Å². The van der Waals surface area contributed by atoms with Crippen molar-refractivity contribution < 1.29 is 9.90 Å². The van der Waals surface area contributed by atoms with Crippen LogP contribution in [0, 0.1) is 0 Å². The zero-order chi connectivity index (χ0) is 15.1. The number of aliphatic hydroxyl groups is 1. The Bertz CT molecular complexity index is 462. The third-order valence-corrected chi connectivity index (χ3v) is 3.93. The Morgan fingerprint density at radius 1 is 1.43 bits per heavy atom. The molecule has 21 heavy (non-hydrogen) atoms. The van der Waals surface area contributed by atoms with Crippen molar-refractivity contribution in [1.29, 1.82) is 0 Å². The summed E-state index contributed by atoms with van der Waals surface area (Å²) in [5.74, 6) is 0.189. The van der Waals surface area contributed by atoms with Crippen LogP contribution in [0.25, 0.3) is 0 Å². The van der Waals surface area contributed by atoms with Gasteiger partial charge in [-0.1, -0.05) is 19.1 Å². The molecule has 1 aliphatic heterocycles. The van der Waals surface area contributed by atoms with E-state index in [9.17, 15) is 4.79 Å². The first-order valence-electron chi connectivity index (χ1n) is 8.00. The molecule has 0 radical (unpaired) electrons. The summed E-state index contributed by atoms with van der Waals surface area (Å²) in [6, 6.07) is 8.09. The van der Waals surface area contributed by atoms with Crippen molar-refractivity contribution in [3.8, 4) is 0 Å². The second-order valence-electron chi connectivity index (χ2n) is 5.64. The minimum Gasteiger partial charge on any atom is -0.396 e. The van der Waals surface area contributed by atoms with Crippen LogP contribution in [0.5, 0.6) is 0 Å². The maximum Gasteiger partial charge on any atom is 0.244 e. The van der Waals surface area contributed by atoms with Crippen molar-refractivity contribution in [3.05, 3.63) is 29.8 Å². The average molecular weight is 290 g/mol. The highest BCUT2D eigenvalue weighted by Crippen LogP contribution is 2.22. The molecule has 1 heterocycles. The van der Waals surface area contributed by atoms with Crippen molar-refractivity contribution in [2.24, 2.45) is 0 Å². The Kier molecular flexibility index (Phi) is 6.21. The van der Waals surface area contributed by atoms with Gasteiger partial charge in [0.15, 0.2) is 0 Å². The number of hydrogen-bond acceptors (Lipinski definition) is 3. The molecule has 0 saturated carbocycles. The van der Waals surface area contributed by atoms with Crippen LogP contribution in [0.4, 0.5) is 5.69 Å². The molecule has 1 atom stereocenters. The Hall–Kier alpha value is -1.39. The molecule has 0 aliphatic carbocycles. The summed E-state index contributed by atoms with van der Waals surface area (Å²) >= 11 is 0. The van der Waals surface area contributed by atoms with Gasteiger partial charge in [-0.3, -0.25) is 4.79 Å². The van der Waals surface area contributed by atoms with E-state index >= 15 is 0 Å². The number of anilines is 1. The lowest BCUT2D eigenvalue weighted by Gasteiger charge is -2.33. The van der Waals surface area contributed by atoms with E-state index in [4.69, 9.17) is 5.11 Å². The standard InChI is InChI=1S/C17H26N2O2/c1-2-10-18-16-9-4-11-19(17(16)21)15-8-3-6-14(13-15)7-5-12-20/h3,6,8,13,16,18,20H,2,4-5,7,9-12H2,1H3. The van der Waals surface area contributed by atoms with Crippen molar-refractivity contribution in [1.82, 2.24) is 5.32 Å². The highest BCUT2D eigenvalue weighted by molar-refractivity contribution is 5.98. The molecule has 1 aromatic carbocycles. The van der Waals surface area contributed by atoms with E-state index in [0.29, 0.717) is 0 Å². The number of aryl methyl sites for hydroxylation is 1. The Balaban J connectivity index is 2.07. The fourth-order valence-electron chi connectivity index (χ4n) is 2.80. The summed E-state index contributed by atoms with van der Waals surface area (Å²) < 4.78 is 0. The van der Waals surface area contributed by atoms with E-state index in [1.165, 1.54) is 5.56 Å². The van der Waals surface area contributed by atoms with Crippen molar-refractivity contribution in [2.75, 3.05) is 24.6 Å². The zero-order valence-electron chi connectivity index (χ0n) is 12.8. The van der Waals surface area contributed by atoms with Gasteiger partial charge in [-0.15, -0.1) is 0 Å². The third kappa shape index (κ3) is 4.29. The normalized spacial score (nSPS) is 19.0. The Labute approximate surface area is 127 Å². The second kappa shape index (κ2) is 8.15. The van der Waals surface area contributed by atoms with Crippen LogP contribution in [0.1, 0.15) is 38.2 Å². The molecule has 1 aliphatic rings. The minimum absolute atomic E-state index is 0.0419. The molecule has 1 amide bonds. The van der Waals surface area contributed by atoms with E-state index in [1.54, 1.807) is 0 Å². The lowest BCUT2D eigenvalue weighted by atomic mass is 10.0. The lowest BCUT2D eigenvalue weighted by Crippen LogP contribution is -2.51. The monoisotopic (exact) mass is 290 g/mol. The molecule has 1 fully saturated rings. The largest absolute Gasteiger partial charge is 0.396 e. The summed E-state index contributed by atoms with van der Waals surface area (Å²) in [4.78, 5) is 14.5. The molecular weight excluding hydrogens is 264 g/mol. The predicted octanol–water partition coefficient (Wildman–Crippen LogP) is 2.11. The molecule has 2 N–H and O–H groups in total. The van der Waals surface area contributed by atoms with Crippen LogP contribution in [-0.2, 0) is 11.2 Å². The van der Waals surface area contributed by atoms with E-state index < -0.39 is 0 Å². The quantitative estimate of drug-likeness (QED) is 0.808. The highest BCUT2D eigenvalue weighted by Gasteiger charge is 2.28. The molecule has 0 bridgehead atoms. The summed E-state index contributed by atoms with van der Waals surface area (Å²) in [6.07, 6.45) is 4.62. The maximum atomic E-state index is 12.6. The molecule has 1 aromatic rings. The van der Waals surface area contributed by atoms with Gasteiger partial charge in [0.1, 0.15) is 0 Å². The van der Waals surface area contributed by atoms with Gasteiger partial charge in [-0.2, -0.15) is 0 Å². The van der Waals surface area contributed by atoms with Crippen LogP contribution in [0.2, 0.25) is 0 Å². The molecule has 1 unspecified atom stereocenters. The van der Waals surface area contributed by atoms with Gasteiger partial charge in [0.05, 0.1) is 6.04 Å². The van der Waals surface area contributed by atoms with E-state index in [1.807, 2.05) is 17.0 Å². The van der Waals surface area contributed by atoms with E-state index in [0.717, 1.165) is 50.9 Å². The first-order valence-corrected chi connectivity index (χ1v) is 8.00. The molecular formula is C17H26N2O2. The third-order valence-electron chi connectivity index (χ3n) is 3.93. The number of aliphatic hydroxyl groups excluding tert-OH is 1. The van der Waals surface area contributed by atoms with E-state index in [2.05, 4.69) is 24.4 Å². The van der Waals surface area contributed by atoms with Crippen LogP contribution < -0.4 is 10.2 Å². The molecule has 116 valence electrons. The number of nitrogens with one attached hydrogen (secondary N) is 1. The van der Waals surface area contributed by atoms with E-state index in [-0.39, 0.29) is 18.6 Å². The summed E-state index contributed by atoms with van der Waals surface area (Å²) in [5.41, 5.74) is 2.16. The maximum absolute atomic E-state index is 12.6. The first-order chi connectivity index (χ1) is 10.3. The summed E-state index contributed by atoms with van der Waals surface area (Å²) in [5, 5.41) is 12.3. The lowest BCUT2D eigenvalue weighted by molar-refractivity contribution is -0.121. The van der Waals surface area contributed by atoms with Crippen LogP contribution in [0.3, 0.4) is 0 Å². The number of nitrogens with zero attached hydrogens (tertiary/aromatic N) is 1. The van der Waals surface area contributed by atoms with Gasteiger partial charge < -0.3 is 15.3 Å². The molecule has 2 rings (SSSR count). The fourth-order valence-corrected chi connectivity index (χ4v) is 2.80. The Morgan fingerprint density at radius 3 is 3.05 bits per heavy atom. The van der Waals surface area contributed by atoms with Crippen LogP contribution in [-0.4, -0.2) is 36.8 Å². The fraction of sp³-hybridized carbons (Fsp3) is 0.588. The first kappa shape index (κ1) is 16.0. The molecule has 0 aromatic heterocycles. The van der Waals surface area contributed by atoms with Gasteiger partial charge in [-0.25, -0.2) is 0 Å². The summed E-state index contributed by atoms with van der Waals surface area (Å²) in [7, 11) is 0. The number of rotatable bonds is 7. The van der Waals surface area contributed by atoms with Crippen LogP contribution in [0.15, 0.2) is 24.3 Å².